The smallest absolute Gasteiger partial charge is 0.337 e. The van der Waals surface area contributed by atoms with Gasteiger partial charge in [0.05, 0.1) is 23.3 Å². The number of benzene rings is 2. The van der Waals surface area contributed by atoms with Crippen molar-refractivity contribution in [1.82, 2.24) is 4.90 Å². The number of hydrogen-bond donors (Lipinski definition) is 0. The van der Waals surface area contributed by atoms with Crippen LogP contribution in [-0.4, -0.2) is 35.4 Å². The van der Waals surface area contributed by atoms with Crippen LogP contribution in [0.1, 0.15) is 35.3 Å². The number of nitro groups is 1. The Balaban J connectivity index is 1.96. The van der Waals surface area contributed by atoms with E-state index in [9.17, 15) is 19.7 Å². The van der Waals surface area contributed by atoms with E-state index < -0.39 is 10.9 Å². The number of carbonyl (C=O) groups is 2. The van der Waals surface area contributed by atoms with Crippen LogP contribution in [0.4, 0.5) is 5.69 Å². The molecule has 0 bridgehead atoms. The number of carbonyl (C=O) groups excluding carboxylic acids is 2. The molecule has 0 saturated heterocycles. The molecule has 0 unspecified atom stereocenters. The van der Waals surface area contributed by atoms with E-state index in [-0.39, 0.29) is 17.5 Å². The Morgan fingerprint density at radius 1 is 1.13 bits per heavy atom. The molecule has 0 aliphatic carbocycles. The molecule has 0 spiro atoms. The van der Waals surface area contributed by atoms with Gasteiger partial charge in [0.15, 0.2) is 0 Å². The van der Waals surface area contributed by atoms with Gasteiger partial charge in [0.1, 0.15) is 0 Å². The molecule has 0 fully saturated rings. The third-order valence-electron chi connectivity index (χ3n) is 4.65. The first kappa shape index (κ1) is 21.0. The summed E-state index contributed by atoms with van der Waals surface area (Å²) in [6.07, 6.45) is 3.55. The van der Waals surface area contributed by atoms with Crippen molar-refractivity contribution in [3.63, 3.8) is 0 Å². The third-order valence-corrected chi connectivity index (χ3v) is 4.65. The van der Waals surface area contributed by atoms with E-state index in [2.05, 4.69) is 0 Å². The van der Waals surface area contributed by atoms with Gasteiger partial charge < -0.3 is 9.64 Å². The largest absolute Gasteiger partial charge is 0.465 e. The molecule has 2 aromatic carbocycles. The number of hydrogen-bond acceptors (Lipinski definition) is 5. The summed E-state index contributed by atoms with van der Waals surface area (Å²) in [6, 6.07) is 12.9. The molecule has 3 rings (SSSR count). The van der Waals surface area contributed by atoms with E-state index in [4.69, 9.17) is 4.74 Å². The number of methoxy groups -OCH3 is 1. The van der Waals surface area contributed by atoms with E-state index in [1.54, 1.807) is 53.5 Å². The summed E-state index contributed by atoms with van der Waals surface area (Å²) in [5.41, 5.74) is 3.16. The van der Waals surface area contributed by atoms with Crippen molar-refractivity contribution in [2.45, 2.75) is 13.8 Å². The molecule has 7 heteroatoms. The maximum atomic E-state index is 13.0. The van der Waals surface area contributed by atoms with Crippen molar-refractivity contribution < 1.29 is 19.2 Å². The summed E-state index contributed by atoms with van der Waals surface area (Å²) in [5.74, 6) is -0.308. The van der Waals surface area contributed by atoms with E-state index in [1.165, 1.54) is 19.2 Å². The van der Waals surface area contributed by atoms with Crippen LogP contribution in [0.2, 0.25) is 0 Å². The monoisotopic (exact) mass is 406 g/mol. The molecule has 1 aliphatic heterocycles. The van der Waals surface area contributed by atoms with Crippen LogP contribution in [0.3, 0.4) is 0 Å². The minimum Gasteiger partial charge on any atom is -0.465 e. The van der Waals surface area contributed by atoms with Gasteiger partial charge in [-0.3, -0.25) is 14.9 Å². The van der Waals surface area contributed by atoms with Crippen LogP contribution >= 0.6 is 0 Å². The standard InChI is InChI=1S/C23H22N2O5/c1-15(2)14-24-21(17-8-10-20(11-9-17)25(28)29)13-19(22(24)26)12-16-4-6-18(7-5-16)23(27)30-3/h4-13,15H,14H2,1-3H3/b19-12+. The van der Waals surface area contributed by atoms with Gasteiger partial charge >= 0.3 is 5.97 Å². The van der Waals surface area contributed by atoms with E-state index >= 15 is 0 Å². The second-order valence-electron chi connectivity index (χ2n) is 7.36. The molecule has 1 amide bonds. The van der Waals surface area contributed by atoms with Gasteiger partial charge in [-0.15, -0.1) is 0 Å². The third kappa shape index (κ3) is 4.46. The van der Waals surface area contributed by atoms with Crippen molar-refractivity contribution in [2.24, 2.45) is 5.92 Å². The van der Waals surface area contributed by atoms with Gasteiger partial charge in [-0.25, -0.2) is 4.79 Å². The van der Waals surface area contributed by atoms with E-state index in [0.29, 0.717) is 23.4 Å². The van der Waals surface area contributed by atoms with Crippen LogP contribution in [0.5, 0.6) is 0 Å². The van der Waals surface area contributed by atoms with Crippen molar-refractivity contribution in [3.8, 4) is 0 Å². The van der Waals surface area contributed by atoms with Gasteiger partial charge in [-0.2, -0.15) is 0 Å². The zero-order chi connectivity index (χ0) is 21.8. The molecular formula is C23H22N2O5. The number of ether oxygens (including phenoxy) is 1. The van der Waals surface area contributed by atoms with E-state index in [1.807, 2.05) is 13.8 Å². The molecule has 30 heavy (non-hydrogen) atoms. The Kier molecular flexibility index (Phi) is 6.11. The molecule has 0 aromatic heterocycles. The second kappa shape index (κ2) is 8.73. The van der Waals surface area contributed by atoms with Crippen molar-refractivity contribution in [2.75, 3.05) is 13.7 Å². The lowest BCUT2D eigenvalue weighted by Gasteiger charge is -2.22. The highest BCUT2D eigenvalue weighted by Crippen LogP contribution is 2.32. The van der Waals surface area contributed by atoms with Crippen LogP contribution in [0, 0.1) is 16.0 Å². The highest BCUT2D eigenvalue weighted by atomic mass is 16.6. The molecule has 0 atom stereocenters. The molecule has 7 nitrogen and oxygen atoms in total. The minimum atomic E-state index is -0.451. The average molecular weight is 406 g/mol. The molecule has 1 heterocycles. The fourth-order valence-electron chi connectivity index (χ4n) is 3.21. The Morgan fingerprint density at radius 3 is 2.30 bits per heavy atom. The number of non-ortho nitro benzene ring substituents is 1. The first-order valence-electron chi connectivity index (χ1n) is 9.48. The molecular weight excluding hydrogens is 384 g/mol. The summed E-state index contributed by atoms with van der Waals surface area (Å²) < 4.78 is 4.70. The topological polar surface area (TPSA) is 89.8 Å². The Bertz CT molecular complexity index is 1030. The second-order valence-corrected chi connectivity index (χ2v) is 7.36. The van der Waals surface area contributed by atoms with Crippen molar-refractivity contribution in [1.29, 1.82) is 0 Å². The molecule has 1 aliphatic rings. The number of nitrogens with zero attached hydrogens (tertiary/aromatic N) is 2. The first-order valence-corrected chi connectivity index (χ1v) is 9.48. The zero-order valence-electron chi connectivity index (χ0n) is 17.0. The number of rotatable bonds is 6. The average Bonchev–Trinajstić information content (AvgIpc) is 3.03. The lowest BCUT2D eigenvalue weighted by Crippen LogP contribution is -2.29. The predicted octanol–water partition coefficient (Wildman–Crippen LogP) is 4.30. The van der Waals surface area contributed by atoms with Gasteiger partial charge in [0.2, 0.25) is 0 Å². The van der Waals surface area contributed by atoms with Gasteiger partial charge in [-0.05, 0) is 53.5 Å². The van der Waals surface area contributed by atoms with Gasteiger partial charge in [-0.1, -0.05) is 26.0 Å². The Hall–Kier alpha value is -3.74. The quantitative estimate of drug-likeness (QED) is 0.309. The lowest BCUT2D eigenvalue weighted by molar-refractivity contribution is -0.384. The first-order chi connectivity index (χ1) is 14.3. The number of nitro benzene ring substituents is 1. The number of esters is 1. The van der Waals surface area contributed by atoms with Crippen LogP contribution in [0.25, 0.3) is 11.8 Å². The summed E-state index contributed by atoms with van der Waals surface area (Å²) in [5, 5.41) is 10.9. The summed E-state index contributed by atoms with van der Waals surface area (Å²) in [4.78, 5) is 36.8. The SMILES string of the molecule is COC(=O)c1ccc(/C=C2\C=C(c3ccc([N+](=O)[O-])cc3)N(CC(C)C)C2=O)cc1. The molecule has 2 aromatic rings. The molecule has 0 N–H and O–H groups in total. The van der Waals surface area contributed by atoms with Crippen LogP contribution < -0.4 is 0 Å². The maximum Gasteiger partial charge on any atom is 0.337 e. The fraction of sp³-hybridized carbons (Fsp3) is 0.217. The Labute approximate surface area is 174 Å². The molecule has 0 saturated carbocycles. The highest BCUT2D eigenvalue weighted by molar-refractivity contribution is 6.10. The minimum absolute atomic E-state index is 0.000504. The fourth-order valence-corrected chi connectivity index (χ4v) is 3.21. The van der Waals surface area contributed by atoms with E-state index in [0.717, 1.165) is 11.1 Å². The molecule has 154 valence electrons. The maximum absolute atomic E-state index is 13.0. The van der Waals surface area contributed by atoms with Crippen LogP contribution in [-0.2, 0) is 9.53 Å². The predicted molar refractivity (Wildman–Crippen MR) is 113 cm³/mol. The normalized spacial score (nSPS) is 14.9. The lowest BCUT2D eigenvalue weighted by atomic mass is 10.1. The molecule has 0 radical (unpaired) electrons. The summed E-state index contributed by atoms with van der Waals surface area (Å²) in [7, 11) is 1.32. The summed E-state index contributed by atoms with van der Waals surface area (Å²) >= 11 is 0. The number of amides is 1. The highest BCUT2D eigenvalue weighted by Gasteiger charge is 2.29. The van der Waals surface area contributed by atoms with Gasteiger partial charge in [0.25, 0.3) is 11.6 Å². The Morgan fingerprint density at radius 2 is 1.77 bits per heavy atom. The van der Waals surface area contributed by atoms with Crippen LogP contribution in [0.15, 0.2) is 60.2 Å². The van der Waals surface area contributed by atoms with Crippen molar-refractivity contribution >= 4 is 29.3 Å². The van der Waals surface area contributed by atoms with Crippen molar-refractivity contribution in [3.05, 3.63) is 87.0 Å². The zero-order valence-corrected chi connectivity index (χ0v) is 17.0. The van der Waals surface area contributed by atoms with Gasteiger partial charge in [0, 0.05) is 24.3 Å². The summed E-state index contributed by atoms with van der Waals surface area (Å²) in [6.45, 7) is 4.57.